The van der Waals surface area contributed by atoms with Gasteiger partial charge in [-0.15, -0.1) is 6.42 Å². The zero-order valence-electron chi connectivity index (χ0n) is 13.8. The van der Waals surface area contributed by atoms with Gasteiger partial charge in [0.2, 0.25) is 0 Å². The van der Waals surface area contributed by atoms with E-state index in [0.29, 0.717) is 6.54 Å². The van der Waals surface area contributed by atoms with E-state index in [-0.39, 0.29) is 0 Å². The predicted molar refractivity (Wildman–Crippen MR) is 101 cm³/mol. The van der Waals surface area contributed by atoms with Crippen LogP contribution >= 0.6 is 0 Å². The number of para-hydroxylation sites is 1. The average Bonchev–Trinajstić information content (AvgIpc) is 2.99. The third kappa shape index (κ3) is 3.16. The molecule has 24 heavy (non-hydrogen) atoms. The molecule has 0 N–H and O–H groups in total. The van der Waals surface area contributed by atoms with E-state index in [4.69, 9.17) is 6.42 Å². The van der Waals surface area contributed by atoms with Crippen LogP contribution in [0.25, 0.3) is 10.9 Å². The second-order valence-corrected chi connectivity index (χ2v) is 5.45. The second kappa shape index (κ2) is 7.47. The molecule has 0 saturated carbocycles. The summed E-state index contributed by atoms with van der Waals surface area (Å²) >= 11 is 0. The number of aliphatic imine (C=N–C) groups is 1. The average molecular weight is 316 g/mol. The molecule has 0 bridgehead atoms. The molecule has 4 nitrogen and oxygen atoms in total. The number of fused-ring (bicyclic) bond motifs is 1. The van der Waals surface area contributed by atoms with Crippen molar-refractivity contribution in [2.24, 2.45) is 4.99 Å². The Morgan fingerprint density at radius 3 is 2.79 bits per heavy atom. The van der Waals surface area contributed by atoms with Crippen LogP contribution in [0.5, 0.6) is 0 Å². The van der Waals surface area contributed by atoms with Gasteiger partial charge >= 0.3 is 0 Å². The van der Waals surface area contributed by atoms with Crippen LogP contribution in [-0.4, -0.2) is 29.0 Å². The minimum Gasteiger partial charge on any atom is -0.281 e. The van der Waals surface area contributed by atoms with Gasteiger partial charge in [-0.2, -0.15) is 0 Å². The Hall–Kier alpha value is -3.06. The number of hydrogen-bond donors (Lipinski definition) is 0. The van der Waals surface area contributed by atoms with Gasteiger partial charge in [-0.25, -0.2) is 0 Å². The number of aromatic nitrogens is 2. The number of nitrogens with zero attached hydrogens (tertiary/aromatic N) is 4. The lowest BCUT2D eigenvalue weighted by Gasteiger charge is -2.26. The predicted octanol–water partition coefficient (Wildman–Crippen LogP) is 3.77. The normalized spacial score (nSPS) is 11.0. The number of anilines is 1. The SMILES string of the molecule is C#CC/N=C/c1cn(N(CCC)c2ccncc2)c2ccccc12. The van der Waals surface area contributed by atoms with Crippen molar-refractivity contribution in [3.05, 3.63) is 60.6 Å². The van der Waals surface area contributed by atoms with E-state index in [1.807, 2.05) is 36.8 Å². The summed E-state index contributed by atoms with van der Waals surface area (Å²) in [5.74, 6) is 2.54. The Morgan fingerprint density at radius 2 is 2.04 bits per heavy atom. The van der Waals surface area contributed by atoms with Crippen molar-refractivity contribution < 1.29 is 0 Å². The Bertz CT molecular complexity index is 872. The molecule has 1 aromatic carbocycles. The molecular weight excluding hydrogens is 296 g/mol. The molecule has 3 aromatic rings. The second-order valence-electron chi connectivity index (χ2n) is 5.45. The quantitative estimate of drug-likeness (QED) is 0.512. The highest BCUT2D eigenvalue weighted by atomic mass is 15.5. The lowest BCUT2D eigenvalue weighted by molar-refractivity contribution is 0.696. The molecule has 0 spiro atoms. The molecule has 0 fully saturated rings. The van der Waals surface area contributed by atoms with Gasteiger partial charge in [0, 0.05) is 42.3 Å². The van der Waals surface area contributed by atoms with Crippen molar-refractivity contribution in [1.29, 1.82) is 0 Å². The van der Waals surface area contributed by atoms with Crippen LogP contribution in [0.3, 0.4) is 0 Å². The summed E-state index contributed by atoms with van der Waals surface area (Å²) in [5.41, 5.74) is 3.32. The third-order valence-corrected chi connectivity index (χ3v) is 3.79. The third-order valence-electron chi connectivity index (χ3n) is 3.79. The minimum absolute atomic E-state index is 0.391. The standard InChI is InChI=1S/C20H20N4/c1-3-11-22-15-17-16-24(20-8-6-5-7-19(17)20)23(14-4-2)18-9-12-21-13-10-18/h1,5-10,12-13,15-16H,4,11,14H2,2H3/b22-15+. The van der Waals surface area contributed by atoms with Crippen LogP contribution in [0.1, 0.15) is 18.9 Å². The molecule has 0 atom stereocenters. The van der Waals surface area contributed by atoms with E-state index in [0.717, 1.165) is 35.1 Å². The molecule has 0 radical (unpaired) electrons. The Morgan fingerprint density at radius 1 is 1.25 bits per heavy atom. The molecule has 120 valence electrons. The first kappa shape index (κ1) is 15.8. The lowest BCUT2D eigenvalue weighted by Crippen LogP contribution is -2.29. The zero-order valence-corrected chi connectivity index (χ0v) is 13.8. The minimum atomic E-state index is 0.391. The number of rotatable bonds is 6. The van der Waals surface area contributed by atoms with Crippen molar-refractivity contribution in [2.45, 2.75) is 13.3 Å². The van der Waals surface area contributed by atoms with Gasteiger partial charge in [0.1, 0.15) is 0 Å². The fraction of sp³-hybridized carbons (Fsp3) is 0.200. The number of hydrogen-bond acceptors (Lipinski definition) is 3. The molecule has 0 aliphatic rings. The van der Waals surface area contributed by atoms with Gasteiger partial charge < -0.3 is 0 Å². The van der Waals surface area contributed by atoms with Crippen LogP contribution in [0, 0.1) is 12.3 Å². The topological polar surface area (TPSA) is 33.4 Å². The maximum absolute atomic E-state index is 5.29. The van der Waals surface area contributed by atoms with Crippen molar-refractivity contribution >= 4 is 22.8 Å². The van der Waals surface area contributed by atoms with Crippen LogP contribution in [0.2, 0.25) is 0 Å². The van der Waals surface area contributed by atoms with Gasteiger partial charge in [0.15, 0.2) is 0 Å². The van der Waals surface area contributed by atoms with Crippen molar-refractivity contribution in [2.75, 3.05) is 18.1 Å². The molecule has 3 rings (SSSR count). The van der Waals surface area contributed by atoms with E-state index in [1.54, 1.807) is 0 Å². The lowest BCUT2D eigenvalue weighted by atomic mass is 10.2. The summed E-state index contributed by atoms with van der Waals surface area (Å²) in [5, 5.41) is 3.41. The van der Waals surface area contributed by atoms with Crippen molar-refractivity contribution in [1.82, 2.24) is 9.66 Å². The smallest absolute Gasteiger partial charge is 0.0995 e. The Kier molecular flexibility index (Phi) is 4.93. The molecule has 0 unspecified atom stereocenters. The summed E-state index contributed by atoms with van der Waals surface area (Å²) in [7, 11) is 0. The summed E-state index contributed by atoms with van der Waals surface area (Å²) in [6, 6.07) is 12.4. The van der Waals surface area contributed by atoms with Gasteiger partial charge in [0.05, 0.1) is 17.7 Å². The zero-order chi connectivity index (χ0) is 16.8. The van der Waals surface area contributed by atoms with Gasteiger partial charge in [-0.3, -0.25) is 19.7 Å². The van der Waals surface area contributed by atoms with Gasteiger partial charge in [-0.1, -0.05) is 31.0 Å². The fourth-order valence-electron chi connectivity index (χ4n) is 2.78. The van der Waals surface area contributed by atoms with Gasteiger partial charge in [-0.05, 0) is 24.6 Å². The molecule has 4 heteroatoms. The molecule has 0 saturated heterocycles. The van der Waals surface area contributed by atoms with E-state index < -0.39 is 0 Å². The van der Waals surface area contributed by atoms with E-state index in [1.165, 1.54) is 0 Å². The van der Waals surface area contributed by atoms with Crippen LogP contribution < -0.4 is 5.01 Å². The van der Waals surface area contributed by atoms with Crippen LogP contribution in [-0.2, 0) is 0 Å². The van der Waals surface area contributed by atoms with E-state index in [2.05, 4.69) is 56.9 Å². The van der Waals surface area contributed by atoms with Crippen molar-refractivity contribution in [3.8, 4) is 12.3 Å². The molecule has 0 aliphatic heterocycles. The fourth-order valence-corrected chi connectivity index (χ4v) is 2.78. The number of terminal acetylenes is 1. The van der Waals surface area contributed by atoms with Crippen molar-refractivity contribution in [3.63, 3.8) is 0 Å². The summed E-state index contributed by atoms with van der Waals surface area (Å²) < 4.78 is 2.19. The first-order valence-electron chi connectivity index (χ1n) is 8.06. The molecule has 0 amide bonds. The van der Waals surface area contributed by atoms with Gasteiger partial charge in [0.25, 0.3) is 0 Å². The molecule has 2 heterocycles. The highest BCUT2D eigenvalue weighted by Gasteiger charge is 2.13. The Balaban J connectivity index is 2.12. The number of benzene rings is 1. The largest absolute Gasteiger partial charge is 0.281 e. The first-order valence-corrected chi connectivity index (χ1v) is 8.06. The summed E-state index contributed by atoms with van der Waals surface area (Å²) in [6.07, 6.45) is 13.9. The maximum atomic E-state index is 5.29. The number of pyridine rings is 1. The monoisotopic (exact) mass is 316 g/mol. The van der Waals surface area contributed by atoms with E-state index >= 15 is 0 Å². The highest BCUT2D eigenvalue weighted by Crippen LogP contribution is 2.24. The van der Waals surface area contributed by atoms with E-state index in [9.17, 15) is 0 Å². The molecular formula is C20H20N4. The first-order chi connectivity index (χ1) is 11.8. The highest BCUT2D eigenvalue weighted by molar-refractivity contribution is 5.99. The Labute approximate surface area is 142 Å². The van der Waals surface area contributed by atoms with Crippen LogP contribution in [0.4, 0.5) is 5.69 Å². The molecule has 0 aliphatic carbocycles. The van der Waals surface area contributed by atoms with Crippen LogP contribution in [0.15, 0.2) is 60.0 Å². The summed E-state index contributed by atoms with van der Waals surface area (Å²) in [6.45, 7) is 3.47. The molecule has 2 aromatic heterocycles. The summed E-state index contributed by atoms with van der Waals surface area (Å²) in [4.78, 5) is 8.42. The maximum Gasteiger partial charge on any atom is 0.0995 e.